The number of nitrogens with zero attached hydrogens (tertiary/aromatic N) is 2. The Kier molecular flexibility index (Phi) is 4.54. The van der Waals surface area contributed by atoms with Crippen molar-refractivity contribution in [3.05, 3.63) is 72.2 Å². The van der Waals surface area contributed by atoms with Crippen LogP contribution in [-0.4, -0.2) is 21.0 Å². The number of carbonyl (C=O) groups excluding carboxylic acids is 1. The first-order valence-corrected chi connectivity index (χ1v) is 9.66. The summed E-state index contributed by atoms with van der Waals surface area (Å²) in [6.45, 7) is 0. The number of fused-ring (bicyclic) bond motifs is 1. The molecule has 0 saturated heterocycles. The van der Waals surface area contributed by atoms with Gasteiger partial charge in [-0.05, 0) is 12.1 Å². The molecule has 4 aromatic rings. The third-order valence-electron chi connectivity index (χ3n) is 3.68. The van der Waals surface area contributed by atoms with E-state index in [1.165, 1.54) is 11.8 Å². The largest absolute Gasteiger partial charge is 0.309 e. The lowest BCUT2D eigenvalue weighted by atomic mass is 10.1. The highest BCUT2D eigenvalue weighted by molar-refractivity contribution is 8.00. The van der Waals surface area contributed by atoms with E-state index in [2.05, 4.69) is 10.3 Å². The molecule has 124 valence electrons. The number of thioether (sulfide) groups is 1. The van der Waals surface area contributed by atoms with E-state index in [4.69, 9.17) is 0 Å². The average Bonchev–Trinajstić information content (AvgIpc) is 3.24. The van der Waals surface area contributed by atoms with Gasteiger partial charge in [-0.3, -0.25) is 9.20 Å². The van der Waals surface area contributed by atoms with Crippen LogP contribution in [0.1, 0.15) is 0 Å². The van der Waals surface area contributed by atoms with Gasteiger partial charge in [0.2, 0.25) is 5.91 Å². The van der Waals surface area contributed by atoms with Crippen LogP contribution in [0.2, 0.25) is 0 Å². The molecule has 4 rings (SSSR count). The van der Waals surface area contributed by atoms with Crippen molar-refractivity contribution >= 4 is 39.8 Å². The van der Waals surface area contributed by atoms with Crippen molar-refractivity contribution in [1.82, 2.24) is 9.38 Å². The number of hydrogen-bond donors (Lipinski definition) is 1. The van der Waals surface area contributed by atoms with Crippen LogP contribution in [0.15, 0.2) is 77.1 Å². The van der Waals surface area contributed by atoms with Crippen LogP contribution in [0.5, 0.6) is 0 Å². The zero-order valence-electron chi connectivity index (χ0n) is 13.3. The zero-order valence-corrected chi connectivity index (χ0v) is 14.9. The standard InChI is InChI=1S/C19H15N3OS2/c23-16(13-25-15-9-5-2-6-10-15)20-18-17(14-7-3-1-4-8-14)21-19-22(18)11-12-24-19/h1-12H,13H2,(H,20,23). The summed E-state index contributed by atoms with van der Waals surface area (Å²) in [5.41, 5.74) is 1.79. The van der Waals surface area contributed by atoms with Gasteiger partial charge in [0, 0.05) is 22.0 Å². The van der Waals surface area contributed by atoms with Crippen molar-refractivity contribution in [3.63, 3.8) is 0 Å². The van der Waals surface area contributed by atoms with Crippen molar-refractivity contribution < 1.29 is 4.79 Å². The van der Waals surface area contributed by atoms with Crippen LogP contribution in [0.3, 0.4) is 0 Å². The van der Waals surface area contributed by atoms with Gasteiger partial charge in [0.05, 0.1) is 5.75 Å². The molecule has 0 spiro atoms. The number of hydrogen-bond acceptors (Lipinski definition) is 4. The van der Waals surface area contributed by atoms with Gasteiger partial charge in [-0.2, -0.15) is 0 Å². The van der Waals surface area contributed by atoms with Crippen LogP contribution in [0.4, 0.5) is 5.82 Å². The van der Waals surface area contributed by atoms with Gasteiger partial charge < -0.3 is 5.32 Å². The number of amides is 1. The highest BCUT2D eigenvalue weighted by Crippen LogP contribution is 2.30. The molecule has 2 aromatic heterocycles. The number of anilines is 1. The number of imidazole rings is 1. The summed E-state index contributed by atoms with van der Waals surface area (Å²) in [5, 5.41) is 5.00. The SMILES string of the molecule is O=C(CSc1ccccc1)Nc1c(-c2ccccc2)nc2sccn12. The maximum atomic E-state index is 12.5. The number of nitrogens with one attached hydrogen (secondary N) is 1. The van der Waals surface area contributed by atoms with Crippen LogP contribution in [0, 0.1) is 0 Å². The van der Waals surface area contributed by atoms with E-state index in [0.29, 0.717) is 5.75 Å². The zero-order chi connectivity index (χ0) is 17.1. The van der Waals surface area contributed by atoms with Gasteiger partial charge in [0.25, 0.3) is 0 Å². The number of benzene rings is 2. The molecule has 0 radical (unpaired) electrons. The maximum Gasteiger partial charge on any atom is 0.235 e. The van der Waals surface area contributed by atoms with Gasteiger partial charge in [0.15, 0.2) is 4.96 Å². The fourth-order valence-corrected chi connectivity index (χ4v) is 3.97. The summed E-state index contributed by atoms with van der Waals surface area (Å²) in [6.07, 6.45) is 1.93. The fraction of sp³-hybridized carbons (Fsp3) is 0.0526. The molecule has 0 aliphatic heterocycles. The maximum absolute atomic E-state index is 12.5. The Labute approximate surface area is 153 Å². The van der Waals surface area contributed by atoms with Crippen molar-refractivity contribution in [2.24, 2.45) is 0 Å². The second-order valence-corrected chi connectivity index (χ2v) is 7.30. The predicted molar refractivity (Wildman–Crippen MR) is 104 cm³/mol. The van der Waals surface area contributed by atoms with Crippen molar-refractivity contribution in [3.8, 4) is 11.3 Å². The third kappa shape index (κ3) is 3.45. The van der Waals surface area contributed by atoms with E-state index in [-0.39, 0.29) is 5.91 Å². The minimum atomic E-state index is -0.0426. The molecule has 2 heterocycles. The number of thiazole rings is 1. The smallest absolute Gasteiger partial charge is 0.235 e. The Hall–Kier alpha value is -2.57. The van der Waals surface area contributed by atoms with E-state index in [0.717, 1.165) is 26.9 Å². The van der Waals surface area contributed by atoms with Gasteiger partial charge in [-0.1, -0.05) is 48.5 Å². The highest BCUT2D eigenvalue weighted by Gasteiger charge is 2.17. The van der Waals surface area contributed by atoms with Crippen LogP contribution >= 0.6 is 23.1 Å². The van der Waals surface area contributed by atoms with E-state index >= 15 is 0 Å². The molecular weight excluding hydrogens is 350 g/mol. The molecule has 0 aliphatic carbocycles. The van der Waals surface area contributed by atoms with Crippen LogP contribution in [0.25, 0.3) is 16.2 Å². The molecule has 0 bridgehead atoms. The normalized spacial score (nSPS) is 10.9. The molecular formula is C19H15N3OS2. The Bertz CT molecular complexity index is 993. The van der Waals surface area contributed by atoms with E-state index in [9.17, 15) is 4.79 Å². The molecule has 6 heteroatoms. The van der Waals surface area contributed by atoms with E-state index in [1.54, 1.807) is 11.3 Å². The van der Waals surface area contributed by atoms with Gasteiger partial charge in [0.1, 0.15) is 11.5 Å². The first-order chi connectivity index (χ1) is 12.3. The Morgan fingerprint density at radius 3 is 2.56 bits per heavy atom. The monoisotopic (exact) mass is 365 g/mol. The minimum absolute atomic E-state index is 0.0426. The fourth-order valence-electron chi connectivity index (χ4n) is 2.54. The van der Waals surface area contributed by atoms with Gasteiger partial charge in [-0.25, -0.2) is 4.98 Å². The minimum Gasteiger partial charge on any atom is -0.309 e. The number of carbonyl (C=O) groups is 1. The summed E-state index contributed by atoms with van der Waals surface area (Å²) in [7, 11) is 0. The second kappa shape index (κ2) is 7.13. The van der Waals surface area contributed by atoms with Crippen molar-refractivity contribution in [1.29, 1.82) is 0 Å². The molecule has 0 unspecified atom stereocenters. The summed E-state index contributed by atoms with van der Waals surface area (Å²) in [5.74, 6) is 1.04. The molecule has 0 saturated carbocycles. The first-order valence-electron chi connectivity index (χ1n) is 7.80. The van der Waals surface area contributed by atoms with Gasteiger partial charge in [-0.15, -0.1) is 23.1 Å². The third-order valence-corrected chi connectivity index (χ3v) is 5.45. The number of aromatic nitrogens is 2. The molecule has 1 amide bonds. The van der Waals surface area contributed by atoms with E-state index < -0.39 is 0 Å². The highest BCUT2D eigenvalue weighted by atomic mass is 32.2. The molecule has 25 heavy (non-hydrogen) atoms. The molecule has 4 nitrogen and oxygen atoms in total. The summed E-state index contributed by atoms with van der Waals surface area (Å²) in [4.78, 5) is 19.1. The lowest BCUT2D eigenvalue weighted by molar-refractivity contribution is -0.113. The van der Waals surface area contributed by atoms with Gasteiger partial charge >= 0.3 is 0 Å². The summed E-state index contributed by atoms with van der Waals surface area (Å²) in [6, 6.07) is 19.8. The van der Waals surface area contributed by atoms with Crippen LogP contribution in [-0.2, 0) is 4.79 Å². The quantitative estimate of drug-likeness (QED) is 0.517. The van der Waals surface area contributed by atoms with Crippen molar-refractivity contribution in [2.45, 2.75) is 4.90 Å². The summed E-state index contributed by atoms with van der Waals surface area (Å²) >= 11 is 3.07. The Balaban J connectivity index is 1.58. The van der Waals surface area contributed by atoms with E-state index in [1.807, 2.05) is 76.6 Å². The topological polar surface area (TPSA) is 46.4 Å². The lowest BCUT2D eigenvalue weighted by Crippen LogP contribution is -2.15. The van der Waals surface area contributed by atoms with Crippen LogP contribution < -0.4 is 5.32 Å². The Morgan fingerprint density at radius 1 is 1.08 bits per heavy atom. The predicted octanol–water partition coefficient (Wildman–Crippen LogP) is 4.79. The average molecular weight is 365 g/mol. The molecule has 0 fully saturated rings. The lowest BCUT2D eigenvalue weighted by Gasteiger charge is -2.07. The molecule has 0 atom stereocenters. The molecule has 1 N–H and O–H groups in total. The molecule has 0 aliphatic rings. The Morgan fingerprint density at radius 2 is 1.80 bits per heavy atom. The molecule has 2 aromatic carbocycles. The number of rotatable bonds is 5. The second-order valence-electron chi connectivity index (χ2n) is 5.38. The first kappa shape index (κ1) is 15.9. The summed E-state index contributed by atoms with van der Waals surface area (Å²) < 4.78 is 1.93. The van der Waals surface area contributed by atoms with Crippen molar-refractivity contribution in [2.75, 3.05) is 11.1 Å².